The molecular formula is C16H15FN2O. The molecule has 1 atom stereocenters. The molecule has 20 heavy (non-hydrogen) atoms. The monoisotopic (exact) mass is 270 g/mol. The van der Waals surface area contributed by atoms with Gasteiger partial charge < -0.3 is 10.5 Å². The van der Waals surface area contributed by atoms with E-state index in [1.807, 2.05) is 31.2 Å². The van der Waals surface area contributed by atoms with E-state index in [-0.39, 0.29) is 12.6 Å². The first-order valence-electron chi connectivity index (χ1n) is 6.27. The Morgan fingerprint density at radius 3 is 2.75 bits per heavy atom. The number of hydrogen-bond acceptors (Lipinski definition) is 3. The van der Waals surface area contributed by atoms with Gasteiger partial charge in [0.2, 0.25) is 0 Å². The topological polar surface area (TPSA) is 59.0 Å². The van der Waals surface area contributed by atoms with E-state index in [0.717, 1.165) is 5.56 Å². The Morgan fingerprint density at radius 1 is 1.30 bits per heavy atom. The van der Waals surface area contributed by atoms with Crippen molar-refractivity contribution in [1.82, 2.24) is 0 Å². The first-order chi connectivity index (χ1) is 9.60. The van der Waals surface area contributed by atoms with Gasteiger partial charge >= 0.3 is 0 Å². The van der Waals surface area contributed by atoms with Gasteiger partial charge in [-0.15, -0.1) is 0 Å². The van der Waals surface area contributed by atoms with Crippen molar-refractivity contribution in [2.24, 2.45) is 5.73 Å². The average molecular weight is 270 g/mol. The first-order valence-corrected chi connectivity index (χ1v) is 6.27. The Balaban J connectivity index is 2.09. The molecule has 4 heteroatoms. The third-order valence-electron chi connectivity index (χ3n) is 2.96. The Morgan fingerprint density at radius 2 is 2.10 bits per heavy atom. The molecule has 1 unspecified atom stereocenters. The van der Waals surface area contributed by atoms with E-state index in [1.54, 1.807) is 18.2 Å². The summed E-state index contributed by atoms with van der Waals surface area (Å²) in [6, 6.07) is 13.6. The van der Waals surface area contributed by atoms with Crippen molar-refractivity contribution in [2.75, 3.05) is 0 Å². The third kappa shape index (κ3) is 3.34. The van der Waals surface area contributed by atoms with Crippen LogP contribution in [0.3, 0.4) is 0 Å². The molecule has 102 valence electrons. The molecule has 0 heterocycles. The van der Waals surface area contributed by atoms with Crippen LogP contribution in [0.2, 0.25) is 0 Å². The molecule has 0 aromatic heterocycles. The predicted octanol–water partition coefficient (Wildman–Crippen LogP) is 3.30. The molecule has 2 aromatic carbocycles. The lowest BCUT2D eigenvalue weighted by Gasteiger charge is -2.10. The number of nitrogens with zero attached hydrogens (tertiary/aromatic N) is 1. The van der Waals surface area contributed by atoms with Gasteiger partial charge in [0.1, 0.15) is 18.2 Å². The van der Waals surface area contributed by atoms with E-state index in [9.17, 15) is 4.39 Å². The highest BCUT2D eigenvalue weighted by molar-refractivity contribution is 5.34. The van der Waals surface area contributed by atoms with Crippen LogP contribution in [0, 0.1) is 17.1 Å². The van der Waals surface area contributed by atoms with E-state index in [0.29, 0.717) is 16.9 Å². The van der Waals surface area contributed by atoms with Crippen molar-refractivity contribution in [2.45, 2.75) is 19.6 Å². The summed E-state index contributed by atoms with van der Waals surface area (Å²) in [5.74, 6) is 0.205. The van der Waals surface area contributed by atoms with Crippen LogP contribution in [-0.4, -0.2) is 0 Å². The smallest absolute Gasteiger partial charge is 0.131 e. The fourth-order valence-corrected chi connectivity index (χ4v) is 1.78. The van der Waals surface area contributed by atoms with Crippen molar-refractivity contribution in [3.8, 4) is 11.8 Å². The van der Waals surface area contributed by atoms with Gasteiger partial charge in [-0.2, -0.15) is 5.26 Å². The molecule has 0 radical (unpaired) electrons. The van der Waals surface area contributed by atoms with Gasteiger partial charge in [-0.1, -0.05) is 18.2 Å². The second-order valence-corrected chi connectivity index (χ2v) is 4.57. The Hall–Kier alpha value is -2.38. The van der Waals surface area contributed by atoms with Crippen LogP contribution in [0.4, 0.5) is 4.39 Å². The van der Waals surface area contributed by atoms with Gasteiger partial charge in [0.15, 0.2) is 0 Å². The summed E-state index contributed by atoms with van der Waals surface area (Å²) in [6.45, 7) is 2.00. The van der Waals surface area contributed by atoms with Crippen molar-refractivity contribution >= 4 is 0 Å². The maximum Gasteiger partial charge on any atom is 0.131 e. The fraction of sp³-hybridized carbons (Fsp3) is 0.188. The Labute approximate surface area is 117 Å². The van der Waals surface area contributed by atoms with Gasteiger partial charge in [0, 0.05) is 11.6 Å². The number of nitrogens with two attached hydrogens (primary N) is 1. The van der Waals surface area contributed by atoms with Crippen molar-refractivity contribution in [3.63, 3.8) is 0 Å². The van der Waals surface area contributed by atoms with Gasteiger partial charge in [-0.3, -0.25) is 0 Å². The predicted molar refractivity (Wildman–Crippen MR) is 74.5 cm³/mol. The van der Waals surface area contributed by atoms with Gasteiger partial charge in [0.05, 0.1) is 11.6 Å². The van der Waals surface area contributed by atoms with Crippen LogP contribution in [0.15, 0.2) is 42.5 Å². The minimum absolute atomic E-state index is 0.0785. The molecule has 0 aliphatic carbocycles. The lowest BCUT2D eigenvalue weighted by Crippen LogP contribution is -2.05. The highest BCUT2D eigenvalue weighted by Crippen LogP contribution is 2.19. The van der Waals surface area contributed by atoms with Crippen molar-refractivity contribution in [3.05, 3.63) is 65.0 Å². The fourth-order valence-electron chi connectivity index (χ4n) is 1.78. The van der Waals surface area contributed by atoms with Crippen LogP contribution < -0.4 is 10.5 Å². The van der Waals surface area contributed by atoms with E-state index < -0.39 is 5.82 Å². The molecule has 0 saturated heterocycles. The Bertz CT molecular complexity index is 647. The number of halogens is 1. The van der Waals surface area contributed by atoms with E-state index in [2.05, 4.69) is 0 Å². The number of hydrogen-bond donors (Lipinski definition) is 1. The molecule has 0 amide bonds. The molecule has 0 spiro atoms. The van der Waals surface area contributed by atoms with Crippen LogP contribution in [0.25, 0.3) is 0 Å². The molecule has 2 N–H and O–H groups in total. The summed E-state index contributed by atoms with van der Waals surface area (Å²) in [4.78, 5) is 0. The maximum absolute atomic E-state index is 13.7. The van der Waals surface area contributed by atoms with Gasteiger partial charge in [-0.25, -0.2) is 4.39 Å². The van der Waals surface area contributed by atoms with Crippen molar-refractivity contribution in [1.29, 1.82) is 5.26 Å². The van der Waals surface area contributed by atoms with Crippen LogP contribution in [0.5, 0.6) is 5.75 Å². The molecule has 0 bridgehead atoms. The second-order valence-electron chi connectivity index (χ2n) is 4.57. The summed E-state index contributed by atoms with van der Waals surface area (Å²) in [5.41, 5.74) is 7.47. The van der Waals surface area contributed by atoms with E-state index >= 15 is 0 Å². The van der Waals surface area contributed by atoms with Crippen LogP contribution in [-0.2, 0) is 6.61 Å². The van der Waals surface area contributed by atoms with Crippen LogP contribution >= 0.6 is 0 Å². The summed E-state index contributed by atoms with van der Waals surface area (Å²) in [7, 11) is 0. The standard InChI is InChI=1S/C16H15FN2O/c1-11(19)13-3-2-4-15(8-13)20-10-14-6-5-12(9-18)7-16(14)17/h2-8,11H,10,19H2,1H3. The van der Waals surface area contributed by atoms with E-state index in [1.165, 1.54) is 6.07 Å². The first kappa shape index (κ1) is 14.0. The molecular weight excluding hydrogens is 255 g/mol. The third-order valence-corrected chi connectivity index (χ3v) is 2.96. The molecule has 0 aliphatic rings. The zero-order chi connectivity index (χ0) is 14.5. The number of ether oxygens (including phenoxy) is 1. The summed E-state index contributed by atoms with van der Waals surface area (Å²) in [5, 5.41) is 8.68. The van der Waals surface area contributed by atoms with Crippen molar-refractivity contribution < 1.29 is 9.13 Å². The lowest BCUT2D eigenvalue weighted by atomic mass is 10.1. The van der Waals surface area contributed by atoms with E-state index in [4.69, 9.17) is 15.7 Å². The molecule has 0 fully saturated rings. The molecule has 0 aliphatic heterocycles. The number of rotatable bonds is 4. The second kappa shape index (κ2) is 6.18. The summed E-state index contributed by atoms with van der Waals surface area (Å²) >= 11 is 0. The molecule has 0 saturated carbocycles. The SMILES string of the molecule is CC(N)c1cccc(OCc2ccc(C#N)cc2F)c1. The van der Waals surface area contributed by atoms with Crippen LogP contribution in [0.1, 0.15) is 29.7 Å². The molecule has 2 aromatic rings. The largest absolute Gasteiger partial charge is 0.489 e. The summed E-state index contributed by atoms with van der Waals surface area (Å²) < 4.78 is 19.3. The lowest BCUT2D eigenvalue weighted by molar-refractivity contribution is 0.299. The average Bonchev–Trinajstić information content (AvgIpc) is 2.46. The number of benzene rings is 2. The van der Waals surface area contributed by atoms with Gasteiger partial charge in [0.25, 0.3) is 0 Å². The quantitative estimate of drug-likeness (QED) is 0.927. The molecule has 2 rings (SSSR count). The minimum atomic E-state index is -0.438. The zero-order valence-corrected chi connectivity index (χ0v) is 11.1. The highest BCUT2D eigenvalue weighted by Gasteiger charge is 2.06. The zero-order valence-electron chi connectivity index (χ0n) is 11.1. The highest BCUT2D eigenvalue weighted by atomic mass is 19.1. The molecule has 3 nitrogen and oxygen atoms in total. The normalized spacial score (nSPS) is 11.7. The Kier molecular flexibility index (Phi) is 4.34. The van der Waals surface area contributed by atoms with Gasteiger partial charge in [-0.05, 0) is 36.8 Å². The maximum atomic E-state index is 13.7. The minimum Gasteiger partial charge on any atom is -0.489 e. The summed E-state index contributed by atoms with van der Waals surface area (Å²) in [6.07, 6.45) is 0. The number of nitriles is 1.